The molecule has 2 fully saturated rings. The maximum Gasteiger partial charge on any atom is 0.214 e. The van der Waals surface area contributed by atoms with E-state index >= 15 is 0 Å². The van der Waals surface area contributed by atoms with Crippen molar-refractivity contribution in [2.45, 2.75) is 64.1 Å². The zero-order chi connectivity index (χ0) is 13.3. The topological polar surface area (TPSA) is 49.4 Å². The van der Waals surface area contributed by atoms with Gasteiger partial charge in [0.2, 0.25) is 10.0 Å². The van der Waals surface area contributed by atoms with Crippen LogP contribution in [0.5, 0.6) is 0 Å². The average molecular weight is 274 g/mol. The summed E-state index contributed by atoms with van der Waals surface area (Å²) in [6.07, 6.45) is 5.13. The Balaban J connectivity index is 1.95. The molecule has 2 unspecified atom stereocenters. The van der Waals surface area contributed by atoms with E-state index < -0.39 is 10.0 Å². The molecule has 0 aromatic carbocycles. The molecule has 5 heteroatoms. The van der Waals surface area contributed by atoms with Crippen LogP contribution in [0.15, 0.2) is 0 Å². The van der Waals surface area contributed by atoms with Gasteiger partial charge < -0.3 is 5.32 Å². The van der Waals surface area contributed by atoms with Crippen molar-refractivity contribution in [3.05, 3.63) is 0 Å². The largest absolute Gasteiger partial charge is 0.311 e. The highest BCUT2D eigenvalue weighted by Crippen LogP contribution is 2.30. The van der Waals surface area contributed by atoms with Gasteiger partial charge in [-0.3, -0.25) is 0 Å². The van der Waals surface area contributed by atoms with Gasteiger partial charge in [0.1, 0.15) is 0 Å². The molecule has 2 atom stereocenters. The number of sulfonamides is 1. The van der Waals surface area contributed by atoms with Crippen LogP contribution in [0.4, 0.5) is 0 Å². The Hall–Kier alpha value is -0.130. The smallest absolute Gasteiger partial charge is 0.214 e. The lowest BCUT2D eigenvalue weighted by Gasteiger charge is -2.35. The number of piperidine rings is 1. The lowest BCUT2D eigenvalue weighted by Crippen LogP contribution is -2.49. The van der Waals surface area contributed by atoms with Crippen LogP contribution in [-0.2, 0) is 10.0 Å². The van der Waals surface area contributed by atoms with Gasteiger partial charge in [-0.05, 0) is 38.0 Å². The first kappa shape index (κ1) is 14.3. The molecule has 2 heterocycles. The monoisotopic (exact) mass is 274 g/mol. The molecule has 0 amide bonds. The molecular formula is C13H26N2O2S. The summed E-state index contributed by atoms with van der Waals surface area (Å²) in [5, 5.41) is 3.56. The zero-order valence-electron chi connectivity index (χ0n) is 11.7. The Morgan fingerprint density at radius 3 is 2.28 bits per heavy atom. The van der Waals surface area contributed by atoms with E-state index in [-0.39, 0.29) is 6.04 Å². The Morgan fingerprint density at radius 1 is 1.22 bits per heavy atom. The summed E-state index contributed by atoms with van der Waals surface area (Å²) >= 11 is 0. The fourth-order valence-corrected chi connectivity index (χ4v) is 4.76. The maximum absolute atomic E-state index is 12.3. The average Bonchev–Trinajstić information content (AvgIpc) is 2.65. The Bertz CT molecular complexity index is 368. The number of hydrogen-bond donors (Lipinski definition) is 1. The van der Waals surface area contributed by atoms with Crippen LogP contribution in [0.25, 0.3) is 0 Å². The standard InChI is InChI=1S/C13H26N2O2S/c1-10(2)6-7-18(16,17)15(3)13-8-11-4-5-12(9-13)14-11/h10-14H,4-9H2,1-3H3. The second-order valence-corrected chi connectivity index (χ2v) is 8.43. The van der Waals surface area contributed by atoms with Gasteiger partial charge in [0.15, 0.2) is 0 Å². The van der Waals surface area contributed by atoms with Crippen molar-refractivity contribution in [1.82, 2.24) is 9.62 Å². The molecule has 18 heavy (non-hydrogen) atoms. The van der Waals surface area contributed by atoms with Crippen molar-refractivity contribution in [2.24, 2.45) is 5.92 Å². The summed E-state index contributed by atoms with van der Waals surface area (Å²) in [5.41, 5.74) is 0. The Kier molecular flexibility index (Phi) is 4.34. The molecule has 2 saturated heterocycles. The van der Waals surface area contributed by atoms with Gasteiger partial charge in [0.25, 0.3) is 0 Å². The van der Waals surface area contributed by atoms with Crippen molar-refractivity contribution < 1.29 is 8.42 Å². The van der Waals surface area contributed by atoms with Crippen molar-refractivity contribution in [1.29, 1.82) is 0 Å². The fraction of sp³-hybridized carbons (Fsp3) is 1.00. The number of fused-ring (bicyclic) bond motifs is 2. The summed E-state index contributed by atoms with van der Waals surface area (Å²) < 4.78 is 26.2. The third-order valence-corrected chi connectivity index (χ3v) is 6.28. The van der Waals surface area contributed by atoms with E-state index in [0.717, 1.165) is 19.3 Å². The van der Waals surface area contributed by atoms with Gasteiger partial charge in [-0.25, -0.2) is 12.7 Å². The van der Waals surface area contributed by atoms with Gasteiger partial charge in [-0.2, -0.15) is 0 Å². The SMILES string of the molecule is CC(C)CCS(=O)(=O)N(C)C1CC2CCC(C1)N2. The molecule has 106 valence electrons. The predicted molar refractivity (Wildman–Crippen MR) is 74.0 cm³/mol. The quantitative estimate of drug-likeness (QED) is 0.828. The van der Waals surface area contributed by atoms with Crippen LogP contribution < -0.4 is 5.32 Å². The van der Waals surface area contributed by atoms with E-state index in [1.807, 2.05) is 0 Å². The lowest BCUT2D eigenvalue weighted by atomic mass is 10.0. The lowest BCUT2D eigenvalue weighted by molar-refractivity contribution is 0.251. The van der Waals surface area contributed by atoms with E-state index in [9.17, 15) is 8.42 Å². The van der Waals surface area contributed by atoms with Gasteiger partial charge in [0.05, 0.1) is 5.75 Å². The van der Waals surface area contributed by atoms with E-state index in [1.54, 1.807) is 11.4 Å². The van der Waals surface area contributed by atoms with Crippen LogP contribution in [0.3, 0.4) is 0 Å². The summed E-state index contributed by atoms with van der Waals surface area (Å²) in [4.78, 5) is 0. The summed E-state index contributed by atoms with van der Waals surface area (Å²) in [7, 11) is -1.30. The molecule has 0 spiro atoms. The van der Waals surface area contributed by atoms with Crippen molar-refractivity contribution >= 4 is 10.0 Å². The fourth-order valence-electron chi connectivity index (χ4n) is 3.08. The van der Waals surface area contributed by atoms with E-state index in [4.69, 9.17) is 0 Å². The predicted octanol–water partition coefficient (Wildman–Crippen LogP) is 1.58. The van der Waals surface area contributed by atoms with E-state index in [0.29, 0.717) is 23.8 Å². The third-order valence-electron chi connectivity index (χ3n) is 4.35. The van der Waals surface area contributed by atoms with Gasteiger partial charge in [0, 0.05) is 25.2 Å². The number of nitrogens with one attached hydrogen (secondary N) is 1. The third kappa shape index (κ3) is 3.25. The first-order chi connectivity index (χ1) is 8.38. The van der Waals surface area contributed by atoms with Crippen LogP contribution in [-0.4, -0.2) is 43.6 Å². The molecular weight excluding hydrogens is 248 g/mol. The van der Waals surface area contributed by atoms with Gasteiger partial charge in [-0.15, -0.1) is 0 Å². The highest BCUT2D eigenvalue weighted by molar-refractivity contribution is 7.89. The number of nitrogens with zero attached hydrogens (tertiary/aromatic N) is 1. The van der Waals surface area contributed by atoms with E-state index in [1.165, 1.54) is 12.8 Å². The molecule has 2 aliphatic heterocycles. The molecule has 0 aromatic rings. The normalized spacial score (nSPS) is 32.4. The molecule has 0 radical (unpaired) electrons. The summed E-state index contributed by atoms with van der Waals surface area (Å²) in [6.45, 7) is 4.14. The molecule has 2 rings (SSSR count). The van der Waals surface area contributed by atoms with Crippen molar-refractivity contribution in [3.8, 4) is 0 Å². The van der Waals surface area contributed by atoms with Crippen LogP contribution >= 0.6 is 0 Å². The van der Waals surface area contributed by atoms with Gasteiger partial charge in [-0.1, -0.05) is 13.8 Å². The summed E-state index contributed by atoms with van der Waals surface area (Å²) in [5.74, 6) is 0.734. The number of rotatable bonds is 5. The highest BCUT2D eigenvalue weighted by Gasteiger charge is 2.38. The molecule has 2 aliphatic rings. The number of hydrogen-bond acceptors (Lipinski definition) is 3. The first-order valence-electron chi connectivity index (χ1n) is 7.10. The second kappa shape index (κ2) is 5.47. The minimum absolute atomic E-state index is 0.209. The Morgan fingerprint density at radius 2 is 1.78 bits per heavy atom. The molecule has 0 aromatic heterocycles. The van der Waals surface area contributed by atoms with Crippen LogP contribution in [0.1, 0.15) is 46.0 Å². The minimum atomic E-state index is -3.07. The molecule has 4 nitrogen and oxygen atoms in total. The first-order valence-corrected chi connectivity index (χ1v) is 8.71. The van der Waals surface area contributed by atoms with E-state index in [2.05, 4.69) is 19.2 Å². The summed E-state index contributed by atoms with van der Waals surface area (Å²) in [6, 6.07) is 1.29. The molecule has 0 saturated carbocycles. The molecule has 1 N–H and O–H groups in total. The highest BCUT2D eigenvalue weighted by atomic mass is 32.2. The molecule has 0 aliphatic carbocycles. The van der Waals surface area contributed by atoms with Crippen LogP contribution in [0.2, 0.25) is 0 Å². The maximum atomic E-state index is 12.3. The van der Waals surface area contributed by atoms with Crippen molar-refractivity contribution in [2.75, 3.05) is 12.8 Å². The molecule has 2 bridgehead atoms. The van der Waals surface area contributed by atoms with Gasteiger partial charge >= 0.3 is 0 Å². The van der Waals surface area contributed by atoms with Crippen LogP contribution in [0, 0.1) is 5.92 Å². The Labute approximate surface area is 111 Å². The minimum Gasteiger partial charge on any atom is -0.311 e. The van der Waals surface area contributed by atoms with Crippen molar-refractivity contribution in [3.63, 3.8) is 0 Å². The second-order valence-electron chi connectivity index (χ2n) is 6.28. The zero-order valence-corrected chi connectivity index (χ0v) is 12.5.